The maximum absolute atomic E-state index is 11.9. The second kappa shape index (κ2) is 6.29. The van der Waals surface area contributed by atoms with E-state index < -0.39 is 12.0 Å². The molecule has 5 nitrogen and oxygen atoms in total. The zero-order valence-electron chi connectivity index (χ0n) is 10.0. The quantitative estimate of drug-likeness (QED) is 0.881. The lowest BCUT2D eigenvalue weighted by atomic mass is 10.2. The first kappa shape index (κ1) is 14.2. The lowest BCUT2D eigenvalue weighted by molar-refractivity contribution is -0.140. The Morgan fingerprint density at radius 3 is 2.74 bits per heavy atom. The third-order valence-corrected chi connectivity index (χ3v) is 4.33. The molecule has 0 saturated carbocycles. The van der Waals surface area contributed by atoms with Crippen LogP contribution in [0.25, 0.3) is 0 Å². The van der Waals surface area contributed by atoms with E-state index >= 15 is 0 Å². The van der Waals surface area contributed by atoms with Crippen LogP contribution in [0.3, 0.4) is 0 Å². The van der Waals surface area contributed by atoms with Gasteiger partial charge in [-0.25, -0.2) is 9.59 Å². The maximum Gasteiger partial charge on any atom is 0.327 e. The average molecular weight is 345 g/mol. The van der Waals surface area contributed by atoms with Crippen LogP contribution in [0.15, 0.2) is 28.7 Å². The van der Waals surface area contributed by atoms with Crippen molar-refractivity contribution in [3.05, 3.63) is 34.3 Å². The normalized spacial score (nSPS) is 18.4. The SMILES string of the molecule is O=C(O)C1CSCN1C(=O)NCc1ccc(Br)cc1. The first-order valence-electron chi connectivity index (χ1n) is 5.67. The fourth-order valence-electron chi connectivity index (χ4n) is 1.73. The van der Waals surface area contributed by atoms with Gasteiger partial charge in [0.15, 0.2) is 0 Å². The van der Waals surface area contributed by atoms with Gasteiger partial charge in [-0.3, -0.25) is 0 Å². The van der Waals surface area contributed by atoms with E-state index in [0.29, 0.717) is 18.2 Å². The first-order valence-corrected chi connectivity index (χ1v) is 7.62. The van der Waals surface area contributed by atoms with Crippen molar-refractivity contribution in [3.8, 4) is 0 Å². The second-order valence-corrected chi connectivity index (χ2v) is 6.02. The molecule has 102 valence electrons. The fraction of sp³-hybridized carbons (Fsp3) is 0.333. The summed E-state index contributed by atoms with van der Waals surface area (Å²) in [4.78, 5) is 24.3. The van der Waals surface area contributed by atoms with Gasteiger partial charge in [0.2, 0.25) is 0 Å². The molecule has 1 saturated heterocycles. The van der Waals surface area contributed by atoms with Gasteiger partial charge in [0.1, 0.15) is 6.04 Å². The molecule has 2 amide bonds. The number of amides is 2. The van der Waals surface area contributed by atoms with Crippen LogP contribution >= 0.6 is 27.7 Å². The highest BCUT2D eigenvalue weighted by molar-refractivity contribution is 9.10. The van der Waals surface area contributed by atoms with E-state index in [-0.39, 0.29) is 6.03 Å². The topological polar surface area (TPSA) is 69.6 Å². The monoisotopic (exact) mass is 344 g/mol. The number of hydrogen-bond donors (Lipinski definition) is 2. The molecule has 1 aliphatic heterocycles. The van der Waals surface area contributed by atoms with Crippen molar-refractivity contribution in [2.45, 2.75) is 12.6 Å². The summed E-state index contributed by atoms with van der Waals surface area (Å²) < 4.78 is 0.976. The van der Waals surface area contributed by atoms with Crippen molar-refractivity contribution < 1.29 is 14.7 Å². The molecule has 1 aliphatic rings. The van der Waals surface area contributed by atoms with Gasteiger partial charge < -0.3 is 15.3 Å². The Morgan fingerprint density at radius 2 is 2.11 bits per heavy atom. The lowest BCUT2D eigenvalue weighted by Crippen LogP contribution is -2.46. The molecule has 0 aromatic heterocycles. The average Bonchev–Trinajstić information content (AvgIpc) is 2.87. The summed E-state index contributed by atoms with van der Waals surface area (Å²) in [5.41, 5.74) is 0.968. The van der Waals surface area contributed by atoms with Crippen LogP contribution in [0.4, 0.5) is 4.79 Å². The number of halogens is 1. The Hall–Kier alpha value is -1.21. The van der Waals surface area contributed by atoms with E-state index in [1.54, 1.807) is 0 Å². The molecule has 2 N–H and O–H groups in total. The smallest absolute Gasteiger partial charge is 0.327 e. The van der Waals surface area contributed by atoms with Crippen LogP contribution in [0.1, 0.15) is 5.56 Å². The van der Waals surface area contributed by atoms with E-state index in [1.165, 1.54) is 16.7 Å². The number of carbonyl (C=O) groups excluding carboxylic acids is 1. The number of benzene rings is 1. The van der Waals surface area contributed by atoms with Crippen LogP contribution in [0, 0.1) is 0 Å². The predicted molar refractivity (Wildman–Crippen MR) is 77.0 cm³/mol. The van der Waals surface area contributed by atoms with Crippen LogP contribution in [0.2, 0.25) is 0 Å². The van der Waals surface area contributed by atoms with Crippen molar-refractivity contribution >= 4 is 39.7 Å². The highest BCUT2D eigenvalue weighted by Crippen LogP contribution is 2.21. The van der Waals surface area contributed by atoms with E-state index in [2.05, 4.69) is 21.2 Å². The zero-order chi connectivity index (χ0) is 13.8. The van der Waals surface area contributed by atoms with E-state index in [9.17, 15) is 9.59 Å². The molecule has 7 heteroatoms. The van der Waals surface area contributed by atoms with Crippen LogP contribution in [-0.4, -0.2) is 39.7 Å². The van der Waals surface area contributed by atoms with Gasteiger partial charge in [0, 0.05) is 16.8 Å². The third-order valence-electron chi connectivity index (χ3n) is 2.79. The summed E-state index contributed by atoms with van der Waals surface area (Å²) in [6, 6.07) is 6.53. The molecule has 0 radical (unpaired) electrons. The maximum atomic E-state index is 11.9. The van der Waals surface area contributed by atoms with Gasteiger partial charge in [-0.05, 0) is 17.7 Å². The van der Waals surface area contributed by atoms with E-state index in [0.717, 1.165) is 10.0 Å². The Labute approximate surface area is 123 Å². The lowest BCUT2D eigenvalue weighted by Gasteiger charge is -2.20. The molecule has 1 aromatic rings. The number of carboxylic acids is 1. The van der Waals surface area contributed by atoms with Gasteiger partial charge >= 0.3 is 12.0 Å². The third kappa shape index (κ3) is 3.63. The Morgan fingerprint density at radius 1 is 1.42 bits per heavy atom. The number of rotatable bonds is 3. The molecule has 19 heavy (non-hydrogen) atoms. The van der Waals surface area contributed by atoms with Crippen molar-refractivity contribution in [1.29, 1.82) is 0 Å². The highest BCUT2D eigenvalue weighted by atomic mass is 79.9. The zero-order valence-corrected chi connectivity index (χ0v) is 12.4. The molecule has 1 unspecified atom stereocenters. The highest BCUT2D eigenvalue weighted by Gasteiger charge is 2.34. The Bertz CT molecular complexity index is 480. The largest absolute Gasteiger partial charge is 0.480 e. The molecule has 0 aliphatic carbocycles. The molecule has 0 spiro atoms. The van der Waals surface area contributed by atoms with E-state index in [1.807, 2.05) is 24.3 Å². The molecule has 1 heterocycles. The van der Waals surface area contributed by atoms with Gasteiger partial charge in [0.25, 0.3) is 0 Å². The molecule has 1 atom stereocenters. The van der Waals surface area contributed by atoms with Crippen LogP contribution in [-0.2, 0) is 11.3 Å². The molecule has 1 fully saturated rings. The minimum Gasteiger partial charge on any atom is -0.480 e. The number of hydrogen-bond acceptors (Lipinski definition) is 3. The number of nitrogens with one attached hydrogen (secondary N) is 1. The van der Waals surface area contributed by atoms with Crippen LogP contribution < -0.4 is 5.32 Å². The standard InChI is InChI=1S/C12H13BrN2O3S/c13-9-3-1-8(2-4-9)5-14-12(18)15-7-19-6-10(15)11(16)17/h1-4,10H,5-7H2,(H,14,18)(H,16,17). The summed E-state index contributed by atoms with van der Waals surface area (Å²) in [6.45, 7) is 0.389. The summed E-state index contributed by atoms with van der Waals surface area (Å²) in [7, 11) is 0. The summed E-state index contributed by atoms with van der Waals surface area (Å²) in [5, 5.41) is 11.7. The van der Waals surface area contributed by atoms with Gasteiger partial charge in [-0.15, -0.1) is 11.8 Å². The second-order valence-electron chi connectivity index (χ2n) is 4.11. The summed E-state index contributed by atoms with van der Waals surface area (Å²) >= 11 is 4.79. The summed E-state index contributed by atoms with van der Waals surface area (Å²) in [5.74, 6) is -0.0896. The Balaban J connectivity index is 1.90. The molecular formula is C12H13BrN2O3S. The van der Waals surface area contributed by atoms with E-state index in [4.69, 9.17) is 5.11 Å². The van der Waals surface area contributed by atoms with Gasteiger partial charge in [-0.1, -0.05) is 28.1 Å². The van der Waals surface area contributed by atoms with Crippen molar-refractivity contribution in [2.24, 2.45) is 0 Å². The number of carbonyl (C=O) groups is 2. The molecule has 2 rings (SSSR count). The van der Waals surface area contributed by atoms with Crippen molar-refractivity contribution in [3.63, 3.8) is 0 Å². The minimum atomic E-state index is -0.955. The number of nitrogens with zero attached hydrogens (tertiary/aromatic N) is 1. The first-order chi connectivity index (χ1) is 9.08. The van der Waals surface area contributed by atoms with Gasteiger partial charge in [0.05, 0.1) is 5.88 Å². The number of thioether (sulfide) groups is 1. The van der Waals surface area contributed by atoms with Crippen molar-refractivity contribution in [2.75, 3.05) is 11.6 Å². The predicted octanol–water partition coefficient (Wildman–Crippen LogP) is 2.12. The number of urea groups is 1. The Kier molecular flexibility index (Phi) is 4.71. The minimum absolute atomic E-state index is 0.333. The molecular weight excluding hydrogens is 332 g/mol. The number of aliphatic carboxylic acids is 1. The van der Waals surface area contributed by atoms with Gasteiger partial charge in [-0.2, -0.15) is 0 Å². The van der Waals surface area contributed by atoms with Crippen LogP contribution in [0.5, 0.6) is 0 Å². The number of carboxylic acid groups (broad SMARTS) is 1. The molecule has 1 aromatic carbocycles. The van der Waals surface area contributed by atoms with Crippen molar-refractivity contribution in [1.82, 2.24) is 10.2 Å². The fourth-order valence-corrected chi connectivity index (χ4v) is 3.14. The molecule has 0 bridgehead atoms. The summed E-state index contributed by atoms with van der Waals surface area (Å²) in [6.07, 6.45) is 0.